The molecule has 1 amide bonds. The summed E-state index contributed by atoms with van der Waals surface area (Å²) < 4.78 is 65.1. The van der Waals surface area contributed by atoms with Gasteiger partial charge in [-0.3, -0.25) is 4.79 Å². The van der Waals surface area contributed by atoms with Crippen LogP contribution in [0.2, 0.25) is 0 Å². The predicted octanol–water partition coefficient (Wildman–Crippen LogP) is 2.18. The Balaban J connectivity index is 2.91. The first-order chi connectivity index (χ1) is 9.27. The van der Waals surface area contributed by atoms with Crippen LogP contribution in [0.15, 0.2) is 0 Å². The Hall–Kier alpha value is -1.77. The average Bonchev–Trinajstić information content (AvgIpc) is 2.39. The molecule has 0 aromatic heterocycles. The Morgan fingerprint density at radius 3 is 1.90 bits per heavy atom. The van der Waals surface area contributed by atoms with Crippen LogP contribution in [0.25, 0.3) is 0 Å². The van der Waals surface area contributed by atoms with Gasteiger partial charge in [-0.15, -0.1) is 0 Å². The number of rotatable bonds is 5. The lowest BCUT2D eigenvalue weighted by Gasteiger charge is -2.08. The number of halogens is 5. The van der Waals surface area contributed by atoms with Crippen molar-refractivity contribution in [3.8, 4) is 0 Å². The van der Waals surface area contributed by atoms with E-state index in [1.807, 2.05) is 5.32 Å². The minimum Gasteiger partial charge on any atom is -0.393 e. The van der Waals surface area contributed by atoms with Crippen molar-refractivity contribution in [1.29, 1.82) is 0 Å². The molecule has 1 aromatic rings. The van der Waals surface area contributed by atoms with Crippen LogP contribution in [-0.2, 0) is 0 Å². The van der Waals surface area contributed by atoms with E-state index >= 15 is 0 Å². The number of carbonyl (C=O) groups excluding carboxylic acids is 1. The largest absolute Gasteiger partial charge is 0.393 e. The molecule has 0 unspecified atom stereocenters. The fourth-order valence-corrected chi connectivity index (χ4v) is 1.50. The lowest BCUT2D eigenvalue weighted by molar-refractivity contribution is 0.0941. The Labute approximate surface area is 115 Å². The summed E-state index contributed by atoms with van der Waals surface area (Å²) in [6.07, 6.45) is 0.545. The highest BCUT2D eigenvalue weighted by atomic mass is 32.1. The van der Waals surface area contributed by atoms with Gasteiger partial charge in [0.2, 0.25) is 5.82 Å². The highest BCUT2D eigenvalue weighted by molar-refractivity contribution is 7.80. The van der Waals surface area contributed by atoms with Gasteiger partial charge >= 0.3 is 0 Å². The molecular formula is C11H9F5N2OS. The number of benzene rings is 1. The van der Waals surface area contributed by atoms with Crippen molar-refractivity contribution >= 4 is 23.1 Å². The van der Waals surface area contributed by atoms with Crippen LogP contribution in [0.5, 0.6) is 0 Å². The number of hydrogen-bond acceptors (Lipinski definition) is 2. The van der Waals surface area contributed by atoms with Gasteiger partial charge in [0, 0.05) is 6.54 Å². The Morgan fingerprint density at radius 1 is 1.00 bits per heavy atom. The first-order valence-corrected chi connectivity index (χ1v) is 5.76. The minimum atomic E-state index is -2.31. The SMILES string of the molecule is NC(=S)CCCNC(=O)c1c(F)c(F)c(F)c(F)c1F. The molecule has 0 heterocycles. The van der Waals surface area contributed by atoms with Crippen LogP contribution in [0.1, 0.15) is 23.2 Å². The summed E-state index contributed by atoms with van der Waals surface area (Å²) in [5, 5.41) is 2.02. The maximum Gasteiger partial charge on any atom is 0.257 e. The predicted molar refractivity (Wildman–Crippen MR) is 64.6 cm³/mol. The molecule has 9 heteroatoms. The van der Waals surface area contributed by atoms with Crippen molar-refractivity contribution in [1.82, 2.24) is 5.32 Å². The maximum absolute atomic E-state index is 13.3. The van der Waals surface area contributed by atoms with E-state index in [4.69, 9.17) is 5.73 Å². The Bertz CT molecular complexity index is 535. The summed E-state index contributed by atoms with van der Waals surface area (Å²) in [6.45, 7) is -0.0737. The van der Waals surface area contributed by atoms with Crippen LogP contribution in [-0.4, -0.2) is 17.4 Å². The topological polar surface area (TPSA) is 55.1 Å². The molecule has 0 aliphatic heterocycles. The molecule has 0 bridgehead atoms. The summed E-state index contributed by atoms with van der Waals surface area (Å²) >= 11 is 4.56. The van der Waals surface area contributed by atoms with Gasteiger partial charge in [0.25, 0.3) is 5.91 Å². The molecule has 20 heavy (non-hydrogen) atoms. The third kappa shape index (κ3) is 3.41. The smallest absolute Gasteiger partial charge is 0.257 e. The fourth-order valence-electron chi connectivity index (χ4n) is 1.36. The van der Waals surface area contributed by atoms with E-state index < -0.39 is 40.6 Å². The van der Waals surface area contributed by atoms with Gasteiger partial charge in [-0.1, -0.05) is 12.2 Å². The molecule has 0 saturated heterocycles. The molecule has 1 rings (SSSR count). The molecule has 1 aromatic carbocycles. The highest BCUT2D eigenvalue weighted by Crippen LogP contribution is 2.22. The molecule has 0 spiro atoms. The standard InChI is InChI=1S/C11H9F5N2OS/c12-6-5(7(13)9(15)10(16)8(6)14)11(19)18-3-1-2-4(17)20/h1-3H2,(H2,17,20)(H,18,19). The van der Waals surface area contributed by atoms with Crippen LogP contribution >= 0.6 is 12.2 Å². The second kappa shape index (κ2) is 6.60. The number of nitrogens with two attached hydrogens (primary N) is 1. The lowest BCUT2D eigenvalue weighted by atomic mass is 10.1. The van der Waals surface area contributed by atoms with Crippen molar-refractivity contribution in [2.75, 3.05) is 6.54 Å². The van der Waals surface area contributed by atoms with E-state index in [-0.39, 0.29) is 24.4 Å². The third-order valence-electron chi connectivity index (χ3n) is 2.32. The number of hydrogen-bond donors (Lipinski definition) is 2. The second-order valence-electron chi connectivity index (χ2n) is 3.77. The third-order valence-corrected chi connectivity index (χ3v) is 2.53. The van der Waals surface area contributed by atoms with E-state index in [1.165, 1.54) is 0 Å². The molecule has 3 nitrogen and oxygen atoms in total. The van der Waals surface area contributed by atoms with E-state index in [9.17, 15) is 26.7 Å². The van der Waals surface area contributed by atoms with E-state index in [0.717, 1.165) is 0 Å². The van der Waals surface area contributed by atoms with Gasteiger partial charge in [0.1, 0.15) is 5.56 Å². The summed E-state index contributed by atoms with van der Waals surface area (Å²) in [6, 6.07) is 0. The molecular weight excluding hydrogens is 303 g/mol. The molecule has 3 N–H and O–H groups in total. The van der Waals surface area contributed by atoms with E-state index in [2.05, 4.69) is 12.2 Å². The van der Waals surface area contributed by atoms with Gasteiger partial charge < -0.3 is 11.1 Å². The van der Waals surface area contributed by atoms with E-state index in [0.29, 0.717) is 0 Å². The maximum atomic E-state index is 13.3. The molecule has 0 aliphatic rings. The van der Waals surface area contributed by atoms with Gasteiger partial charge in [0.05, 0.1) is 4.99 Å². The van der Waals surface area contributed by atoms with Crippen molar-refractivity contribution in [3.05, 3.63) is 34.6 Å². The van der Waals surface area contributed by atoms with Crippen molar-refractivity contribution in [3.63, 3.8) is 0 Å². The highest BCUT2D eigenvalue weighted by Gasteiger charge is 2.29. The number of nitrogens with one attached hydrogen (secondary N) is 1. The zero-order chi connectivity index (χ0) is 15.4. The molecule has 0 aliphatic carbocycles. The number of carbonyl (C=O) groups is 1. The molecule has 110 valence electrons. The number of thiocarbonyl (C=S) groups is 1. The summed E-state index contributed by atoms with van der Waals surface area (Å²) in [5.41, 5.74) is 3.67. The first kappa shape index (κ1) is 16.3. The van der Waals surface area contributed by atoms with Gasteiger partial charge in [-0.05, 0) is 12.8 Å². The molecule has 0 radical (unpaired) electrons. The van der Waals surface area contributed by atoms with Crippen molar-refractivity contribution < 1.29 is 26.7 Å². The zero-order valence-electron chi connectivity index (χ0n) is 9.90. The van der Waals surface area contributed by atoms with Gasteiger partial charge in [0.15, 0.2) is 23.3 Å². The normalized spacial score (nSPS) is 10.4. The first-order valence-electron chi connectivity index (χ1n) is 5.35. The minimum absolute atomic E-state index is 0.0737. The zero-order valence-corrected chi connectivity index (χ0v) is 10.7. The summed E-state index contributed by atoms with van der Waals surface area (Å²) in [5.74, 6) is -12.4. The van der Waals surface area contributed by atoms with Crippen molar-refractivity contribution in [2.45, 2.75) is 12.8 Å². The molecule has 0 fully saturated rings. The summed E-state index contributed by atoms with van der Waals surface area (Å²) in [7, 11) is 0. The van der Waals surface area contributed by atoms with Crippen LogP contribution in [0, 0.1) is 29.1 Å². The van der Waals surface area contributed by atoms with Crippen molar-refractivity contribution in [2.24, 2.45) is 5.73 Å². The van der Waals surface area contributed by atoms with Gasteiger partial charge in [-0.2, -0.15) is 0 Å². The number of amides is 1. The second-order valence-corrected chi connectivity index (χ2v) is 4.30. The van der Waals surface area contributed by atoms with Crippen LogP contribution < -0.4 is 11.1 Å². The average molecular weight is 312 g/mol. The Kier molecular flexibility index (Phi) is 5.37. The molecule has 0 saturated carbocycles. The summed E-state index contributed by atoms with van der Waals surface area (Å²) in [4.78, 5) is 11.6. The fraction of sp³-hybridized carbons (Fsp3) is 0.273. The van der Waals surface area contributed by atoms with Crippen LogP contribution in [0.4, 0.5) is 22.0 Å². The Morgan fingerprint density at radius 2 is 1.45 bits per heavy atom. The van der Waals surface area contributed by atoms with Gasteiger partial charge in [-0.25, -0.2) is 22.0 Å². The monoisotopic (exact) mass is 312 g/mol. The van der Waals surface area contributed by atoms with Crippen LogP contribution in [0.3, 0.4) is 0 Å². The lowest BCUT2D eigenvalue weighted by Crippen LogP contribution is -2.28. The van der Waals surface area contributed by atoms with E-state index in [1.54, 1.807) is 0 Å². The molecule has 0 atom stereocenters. The quantitative estimate of drug-likeness (QED) is 0.288.